The van der Waals surface area contributed by atoms with E-state index in [0.29, 0.717) is 0 Å². The number of nitrogens with one attached hydrogen (secondary N) is 1. The molecule has 0 spiro atoms. The molecule has 15 heavy (non-hydrogen) atoms. The Bertz CT molecular complexity index is 239. The Morgan fingerprint density at radius 2 is 2.13 bits per heavy atom. The van der Waals surface area contributed by atoms with E-state index in [9.17, 15) is 15.0 Å². The predicted molar refractivity (Wildman–Crippen MR) is 54.4 cm³/mol. The Morgan fingerprint density at radius 3 is 2.60 bits per heavy atom. The van der Waals surface area contributed by atoms with E-state index < -0.39 is 29.8 Å². The predicted octanol–water partition coefficient (Wildman–Crippen LogP) is -2.14. The van der Waals surface area contributed by atoms with Gasteiger partial charge in [-0.3, -0.25) is 4.79 Å². The number of amides is 1. The Balaban J connectivity index is 2.70. The summed E-state index contributed by atoms with van der Waals surface area (Å²) in [5, 5.41) is 29.8. The van der Waals surface area contributed by atoms with Gasteiger partial charge in [-0.2, -0.15) is 12.6 Å². The van der Waals surface area contributed by atoms with Crippen molar-refractivity contribution in [1.82, 2.24) is 5.32 Å². The standard InChI is InChI=1S/C8H15NO5S/c1-3(11)9-5-6(12)7(15)4(2-10)14-8(5)13/h4-8,10,12-13,15H,2H2,1H3,(H,9,11)/t4-,5-,6-,7+,8-/m1/s1. The molecule has 88 valence electrons. The van der Waals surface area contributed by atoms with Crippen LogP contribution in [0.15, 0.2) is 0 Å². The van der Waals surface area contributed by atoms with Crippen molar-refractivity contribution < 1.29 is 24.9 Å². The van der Waals surface area contributed by atoms with E-state index in [0.717, 1.165) is 0 Å². The van der Waals surface area contributed by atoms with Crippen molar-refractivity contribution in [3.8, 4) is 0 Å². The minimum absolute atomic E-state index is 0.352. The van der Waals surface area contributed by atoms with Gasteiger partial charge in [-0.15, -0.1) is 0 Å². The van der Waals surface area contributed by atoms with Crippen molar-refractivity contribution in [2.24, 2.45) is 0 Å². The lowest BCUT2D eigenvalue weighted by atomic mass is 9.99. The van der Waals surface area contributed by atoms with E-state index in [4.69, 9.17) is 9.84 Å². The maximum Gasteiger partial charge on any atom is 0.217 e. The molecule has 1 saturated heterocycles. The zero-order valence-corrected chi connectivity index (χ0v) is 9.09. The molecule has 1 amide bonds. The number of hydrogen-bond acceptors (Lipinski definition) is 6. The maximum atomic E-state index is 10.8. The summed E-state index contributed by atoms with van der Waals surface area (Å²) in [5.74, 6) is -0.385. The van der Waals surface area contributed by atoms with Crippen LogP contribution < -0.4 is 5.32 Å². The van der Waals surface area contributed by atoms with Gasteiger partial charge in [0.2, 0.25) is 5.91 Å². The third kappa shape index (κ3) is 2.82. The van der Waals surface area contributed by atoms with Crippen LogP contribution >= 0.6 is 12.6 Å². The monoisotopic (exact) mass is 237 g/mol. The quantitative estimate of drug-likeness (QED) is 0.353. The van der Waals surface area contributed by atoms with Gasteiger partial charge >= 0.3 is 0 Å². The molecule has 4 N–H and O–H groups in total. The van der Waals surface area contributed by atoms with Crippen LogP contribution in [-0.4, -0.2) is 57.6 Å². The van der Waals surface area contributed by atoms with Gasteiger partial charge in [-0.05, 0) is 0 Å². The van der Waals surface area contributed by atoms with E-state index in [1.807, 2.05) is 0 Å². The van der Waals surface area contributed by atoms with E-state index in [1.54, 1.807) is 0 Å². The molecule has 0 aromatic carbocycles. The highest BCUT2D eigenvalue weighted by atomic mass is 32.1. The summed E-state index contributed by atoms with van der Waals surface area (Å²) in [4.78, 5) is 10.8. The Morgan fingerprint density at radius 1 is 1.53 bits per heavy atom. The van der Waals surface area contributed by atoms with E-state index in [2.05, 4.69) is 17.9 Å². The fraction of sp³-hybridized carbons (Fsp3) is 0.875. The molecule has 6 nitrogen and oxygen atoms in total. The van der Waals surface area contributed by atoms with E-state index in [1.165, 1.54) is 6.92 Å². The van der Waals surface area contributed by atoms with Crippen LogP contribution in [-0.2, 0) is 9.53 Å². The fourth-order valence-electron chi connectivity index (χ4n) is 1.49. The van der Waals surface area contributed by atoms with E-state index in [-0.39, 0.29) is 12.5 Å². The van der Waals surface area contributed by atoms with Crippen molar-refractivity contribution in [2.45, 2.75) is 36.7 Å². The van der Waals surface area contributed by atoms with Gasteiger partial charge in [0, 0.05) is 6.92 Å². The van der Waals surface area contributed by atoms with Crippen LogP contribution in [0.4, 0.5) is 0 Å². The zero-order chi connectivity index (χ0) is 11.6. The number of ether oxygens (including phenoxy) is 1. The molecule has 1 heterocycles. The molecule has 0 unspecified atom stereocenters. The third-order valence-corrected chi connectivity index (χ3v) is 2.91. The van der Waals surface area contributed by atoms with Gasteiger partial charge in [0.25, 0.3) is 0 Å². The average Bonchev–Trinajstić information content (AvgIpc) is 2.18. The van der Waals surface area contributed by atoms with Crippen molar-refractivity contribution in [3.63, 3.8) is 0 Å². The molecule has 0 saturated carbocycles. The Hall–Kier alpha value is -0.340. The van der Waals surface area contributed by atoms with Gasteiger partial charge in [-0.1, -0.05) is 0 Å². The molecular formula is C8H15NO5S. The lowest BCUT2D eigenvalue weighted by molar-refractivity contribution is -0.210. The van der Waals surface area contributed by atoms with Gasteiger partial charge in [-0.25, -0.2) is 0 Å². The van der Waals surface area contributed by atoms with Crippen LogP contribution in [0.5, 0.6) is 0 Å². The largest absolute Gasteiger partial charge is 0.394 e. The number of rotatable bonds is 2. The topological polar surface area (TPSA) is 99.0 Å². The molecular weight excluding hydrogens is 222 g/mol. The highest BCUT2D eigenvalue weighted by molar-refractivity contribution is 7.81. The number of hydrogen-bond donors (Lipinski definition) is 5. The fourth-order valence-corrected chi connectivity index (χ4v) is 1.84. The highest BCUT2D eigenvalue weighted by Gasteiger charge is 2.43. The Labute approximate surface area is 92.7 Å². The average molecular weight is 237 g/mol. The minimum Gasteiger partial charge on any atom is -0.394 e. The molecule has 7 heteroatoms. The molecule has 0 radical (unpaired) electrons. The number of aliphatic hydroxyl groups is 3. The number of carbonyl (C=O) groups excluding carboxylic acids is 1. The molecule has 0 aromatic rings. The molecule has 5 atom stereocenters. The minimum atomic E-state index is -1.34. The summed E-state index contributed by atoms with van der Waals surface area (Å²) < 4.78 is 4.99. The van der Waals surface area contributed by atoms with Gasteiger partial charge in [0.1, 0.15) is 6.04 Å². The lowest BCUT2D eigenvalue weighted by Crippen LogP contribution is -2.62. The number of aliphatic hydroxyl groups excluding tert-OH is 3. The first-order valence-electron chi connectivity index (χ1n) is 4.55. The summed E-state index contributed by atoms with van der Waals surface area (Å²) >= 11 is 4.06. The molecule has 1 fully saturated rings. The van der Waals surface area contributed by atoms with E-state index >= 15 is 0 Å². The molecule has 1 aliphatic rings. The summed E-state index contributed by atoms with van der Waals surface area (Å²) in [5.41, 5.74) is 0. The highest BCUT2D eigenvalue weighted by Crippen LogP contribution is 2.23. The normalized spacial score (nSPS) is 41.3. The van der Waals surface area contributed by atoms with Crippen LogP contribution in [0.3, 0.4) is 0 Å². The summed E-state index contributed by atoms with van der Waals surface area (Å²) in [6, 6.07) is -0.923. The smallest absolute Gasteiger partial charge is 0.217 e. The van der Waals surface area contributed by atoms with Gasteiger partial charge in [0.15, 0.2) is 6.29 Å². The van der Waals surface area contributed by atoms with Crippen molar-refractivity contribution in [1.29, 1.82) is 0 Å². The second-order valence-corrected chi connectivity index (χ2v) is 4.05. The van der Waals surface area contributed by atoms with Gasteiger partial charge in [0.05, 0.1) is 24.1 Å². The summed E-state index contributed by atoms with van der Waals surface area (Å²) in [7, 11) is 0. The maximum absolute atomic E-state index is 10.8. The summed E-state index contributed by atoms with van der Waals surface area (Å²) in [6.45, 7) is 0.917. The Kier molecular flexibility index (Phi) is 4.35. The zero-order valence-electron chi connectivity index (χ0n) is 8.20. The van der Waals surface area contributed by atoms with Crippen molar-refractivity contribution in [3.05, 3.63) is 0 Å². The SMILES string of the molecule is CC(=O)N[C@@H]1[C@@H](O)[C@@H](S)[C@@H](CO)O[C@H]1O. The second kappa shape index (κ2) is 5.13. The van der Waals surface area contributed by atoms with Gasteiger partial charge < -0.3 is 25.4 Å². The number of thiol groups is 1. The lowest BCUT2D eigenvalue weighted by Gasteiger charge is -2.40. The molecule has 0 bridgehead atoms. The van der Waals surface area contributed by atoms with Crippen LogP contribution in [0.25, 0.3) is 0 Å². The molecule has 1 aliphatic heterocycles. The van der Waals surface area contributed by atoms with Crippen molar-refractivity contribution >= 4 is 18.5 Å². The first-order valence-corrected chi connectivity index (χ1v) is 5.06. The second-order valence-electron chi connectivity index (χ2n) is 3.46. The van der Waals surface area contributed by atoms with Crippen molar-refractivity contribution in [2.75, 3.05) is 6.61 Å². The summed E-state index contributed by atoms with van der Waals surface area (Å²) in [6.07, 6.45) is -3.16. The molecule has 1 rings (SSSR count). The van der Waals surface area contributed by atoms with Crippen LogP contribution in [0.2, 0.25) is 0 Å². The molecule has 0 aromatic heterocycles. The number of carbonyl (C=O) groups is 1. The molecule has 0 aliphatic carbocycles. The van der Waals surface area contributed by atoms with Crippen LogP contribution in [0.1, 0.15) is 6.92 Å². The first-order chi connectivity index (χ1) is 6.97. The third-order valence-electron chi connectivity index (χ3n) is 2.27. The van der Waals surface area contributed by atoms with Crippen LogP contribution in [0, 0.1) is 0 Å². The first kappa shape index (κ1) is 12.7.